The predicted molar refractivity (Wildman–Crippen MR) is 129 cm³/mol. The van der Waals surface area contributed by atoms with Crippen LogP contribution in [0.4, 0.5) is 26.3 Å². The van der Waals surface area contributed by atoms with E-state index in [0.717, 1.165) is 35.1 Å². The molecule has 12 heteroatoms. The molecule has 0 N–H and O–H groups in total. The number of aldehydes is 2. The first-order chi connectivity index (χ1) is 17.4. The number of alkyl halides is 6. The van der Waals surface area contributed by atoms with Crippen molar-refractivity contribution in [3.05, 3.63) is 87.5 Å². The summed E-state index contributed by atoms with van der Waals surface area (Å²) >= 11 is 0. The lowest BCUT2D eigenvalue weighted by molar-refractivity contribution is -0.137. The minimum atomic E-state index is -5.70. The van der Waals surface area contributed by atoms with Crippen LogP contribution in [0.2, 0.25) is 0 Å². The molecule has 0 saturated heterocycles. The van der Waals surface area contributed by atoms with Gasteiger partial charge in [-0.05, 0) is 97.5 Å². The zero-order valence-electron chi connectivity index (χ0n) is 20.5. The average Bonchev–Trinajstić information content (AvgIpc) is 2.80. The van der Waals surface area contributed by atoms with Crippen molar-refractivity contribution in [2.45, 2.75) is 39.4 Å². The molecule has 204 valence electrons. The van der Waals surface area contributed by atoms with Crippen LogP contribution in [0.3, 0.4) is 0 Å². The molecule has 0 heterocycles. The molecule has 0 aliphatic carbocycles. The van der Waals surface area contributed by atoms with Crippen LogP contribution in [-0.2, 0) is 16.3 Å². The van der Waals surface area contributed by atoms with Crippen LogP contribution in [0.25, 0.3) is 11.1 Å². The number of hydrogen-bond donors (Lipinski definition) is 0. The number of hydrogen-bond acceptors (Lipinski definition) is 5. The van der Waals surface area contributed by atoms with Crippen molar-refractivity contribution in [3.8, 4) is 16.9 Å². The van der Waals surface area contributed by atoms with Gasteiger partial charge in [-0.25, -0.2) is 0 Å². The van der Waals surface area contributed by atoms with Crippen molar-refractivity contribution in [3.63, 3.8) is 0 Å². The summed E-state index contributed by atoms with van der Waals surface area (Å²) in [5.41, 5.74) is -1.79. The van der Waals surface area contributed by atoms with Crippen molar-refractivity contribution >= 4 is 22.7 Å². The Balaban J connectivity index is 0.000000269. The normalized spacial score (nSPS) is 11.8. The van der Waals surface area contributed by atoms with Crippen LogP contribution >= 0.6 is 0 Å². The molecule has 0 aliphatic rings. The van der Waals surface area contributed by atoms with Crippen molar-refractivity contribution in [2.75, 3.05) is 0 Å². The van der Waals surface area contributed by atoms with E-state index < -0.39 is 33.1 Å². The fourth-order valence-electron chi connectivity index (χ4n) is 3.69. The maximum absolute atomic E-state index is 12.5. The minimum absolute atomic E-state index is 0.130. The molecule has 0 aliphatic heterocycles. The summed E-state index contributed by atoms with van der Waals surface area (Å²) in [6.45, 7) is 6.38. The largest absolute Gasteiger partial charge is 0.534 e. The van der Waals surface area contributed by atoms with Crippen LogP contribution in [0, 0.1) is 27.7 Å². The number of benzene rings is 3. The first-order valence-corrected chi connectivity index (χ1v) is 12.1. The molecular formula is C26H22F6O5S. The lowest BCUT2D eigenvalue weighted by Crippen LogP contribution is -2.28. The van der Waals surface area contributed by atoms with E-state index in [0.29, 0.717) is 17.4 Å². The highest BCUT2D eigenvalue weighted by Crippen LogP contribution is 2.34. The fraction of sp³-hybridized carbons (Fsp3) is 0.231. The van der Waals surface area contributed by atoms with Gasteiger partial charge in [0.05, 0.1) is 5.56 Å². The monoisotopic (exact) mass is 560 g/mol. The number of aryl methyl sites for hydroxylation is 4. The van der Waals surface area contributed by atoms with Gasteiger partial charge in [0.1, 0.15) is 18.3 Å². The molecule has 0 radical (unpaired) electrons. The van der Waals surface area contributed by atoms with Gasteiger partial charge in [0.25, 0.3) is 0 Å². The Labute approximate surface area is 215 Å². The highest BCUT2D eigenvalue weighted by atomic mass is 32.2. The van der Waals surface area contributed by atoms with E-state index in [9.17, 15) is 44.3 Å². The predicted octanol–water partition coefficient (Wildman–Crippen LogP) is 7.15. The summed E-state index contributed by atoms with van der Waals surface area (Å²) in [6, 6.07) is 11.0. The molecular weight excluding hydrogens is 538 g/mol. The Morgan fingerprint density at radius 2 is 1.08 bits per heavy atom. The lowest BCUT2D eigenvalue weighted by Gasteiger charge is -2.13. The molecule has 3 aromatic carbocycles. The first-order valence-electron chi connectivity index (χ1n) is 10.7. The maximum atomic E-state index is 12.5. The van der Waals surface area contributed by atoms with Gasteiger partial charge in [0.15, 0.2) is 0 Å². The van der Waals surface area contributed by atoms with Gasteiger partial charge in [-0.1, -0.05) is 12.1 Å². The van der Waals surface area contributed by atoms with Gasteiger partial charge in [-0.15, -0.1) is 0 Å². The second-order valence-electron chi connectivity index (χ2n) is 8.31. The van der Waals surface area contributed by atoms with Crippen LogP contribution in [-0.4, -0.2) is 26.5 Å². The maximum Gasteiger partial charge on any atom is 0.534 e. The quantitative estimate of drug-likeness (QED) is 0.143. The molecule has 0 spiro atoms. The smallest absolute Gasteiger partial charge is 0.375 e. The van der Waals surface area contributed by atoms with Crippen LogP contribution < -0.4 is 4.18 Å². The molecule has 3 aromatic rings. The molecule has 0 aromatic heterocycles. The first kappa shape index (κ1) is 30.6. The second kappa shape index (κ2) is 11.4. The van der Waals surface area contributed by atoms with Crippen molar-refractivity contribution in [1.82, 2.24) is 0 Å². The number of carbonyl (C=O) groups excluding carboxylic acids is 2. The van der Waals surface area contributed by atoms with Gasteiger partial charge >= 0.3 is 21.8 Å². The third-order valence-electron chi connectivity index (χ3n) is 5.29. The van der Waals surface area contributed by atoms with Gasteiger partial charge in [0, 0.05) is 11.1 Å². The van der Waals surface area contributed by atoms with Crippen LogP contribution in [0.1, 0.15) is 48.5 Å². The average molecular weight is 561 g/mol. The summed E-state index contributed by atoms with van der Waals surface area (Å²) < 4.78 is 99.9. The van der Waals surface area contributed by atoms with E-state index in [4.69, 9.17) is 0 Å². The highest BCUT2D eigenvalue weighted by Gasteiger charge is 2.48. The topological polar surface area (TPSA) is 77.5 Å². The highest BCUT2D eigenvalue weighted by molar-refractivity contribution is 7.88. The molecule has 0 atom stereocenters. The minimum Gasteiger partial charge on any atom is -0.375 e. The summed E-state index contributed by atoms with van der Waals surface area (Å²) in [6.07, 6.45) is -3.07. The molecule has 0 amide bonds. The molecule has 3 rings (SSSR count). The van der Waals surface area contributed by atoms with E-state index in [1.807, 2.05) is 13.8 Å². The Bertz CT molecular complexity index is 1390. The Morgan fingerprint density at radius 1 is 0.684 bits per heavy atom. The van der Waals surface area contributed by atoms with E-state index in [2.05, 4.69) is 4.18 Å². The summed E-state index contributed by atoms with van der Waals surface area (Å²) in [5.74, 6) is -0.419. The third-order valence-corrected chi connectivity index (χ3v) is 6.24. The number of carbonyl (C=O) groups is 2. The van der Waals surface area contributed by atoms with Crippen molar-refractivity contribution in [1.29, 1.82) is 0 Å². The number of halogens is 6. The standard InChI is InChI=1S/C16H13F3O.C10H9F3O4S/c1-10-7-12(9-20)8-11(2)15(10)13-3-5-14(6-4-13)16(17,18)19;1-6-3-8(5-14)4-7(2)9(6)17-18(15,16)10(11,12)13/h3-9H,1-2H3;3-5H,1-2H3. The Morgan fingerprint density at radius 3 is 1.42 bits per heavy atom. The van der Waals surface area contributed by atoms with E-state index in [1.54, 1.807) is 12.1 Å². The fourth-order valence-corrected chi connectivity index (χ4v) is 4.26. The molecule has 38 heavy (non-hydrogen) atoms. The molecule has 5 nitrogen and oxygen atoms in total. The molecule has 0 unspecified atom stereocenters. The van der Waals surface area contributed by atoms with Crippen molar-refractivity contribution in [2.24, 2.45) is 0 Å². The van der Waals surface area contributed by atoms with Crippen molar-refractivity contribution < 1.29 is 48.5 Å². The SMILES string of the molecule is Cc1cc(C=O)cc(C)c1-c1ccc(C(F)(F)F)cc1.Cc1cc(C=O)cc(C)c1OS(=O)(=O)C(F)(F)F. The third kappa shape index (κ3) is 7.21. The van der Waals surface area contributed by atoms with E-state index in [1.165, 1.54) is 38.1 Å². The van der Waals surface area contributed by atoms with Crippen LogP contribution in [0.5, 0.6) is 5.75 Å². The molecule has 0 saturated carbocycles. The zero-order chi connectivity index (χ0) is 29.1. The summed E-state index contributed by atoms with van der Waals surface area (Å²) in [5, 5.41) is 0. The van der Waals surface area contributed by atoms with Crippen LogP contribution in [0.15, 0.2) is 48.5 Å². The number of rotatable bonds is 5. The van der Waals surface area contributed by atoms with Gasteiger partial charge in [-0.2, -0.15) is 34.8 Å². The summed E-state index contributed by atoms with van der Waals surface area (Å²) in [7, 11) is -5.70. The van der Waals surface area contributed by atoms with E-state index >= 15 is 0 Å². The van der Waals surface area contributed by atoms with Gasteiger partial charge < -0.3 is 4.18 Å². The Kier molecular flexibility index (Phi) is 9.15. The van der Waals surface area contributed by atoms with Gasteiger partial charge in [-0.3, -0.25) is 9.59 Å². The molecule has 0 fully saturated rings. The lowest BCUT2D eigenvalue weighted by atomic mass is 9.93. The summed E-state index contributed by atoms with van der Waals surface area (Å²) in [4.78, 5) is 21.3. The van der Waals surface area contributed by atoms with Gasteiger partial charge in [0.2, 0.25) is 0 Å². The Hall–Kier alpha value is -3.67. The molecule has 0 bridgehead atoms. The van der Waals surface area contributed by atoms with E-state index in [-0.39, 0.29) is 16.7 Å². The second-order valence-corrected chi connectivity index (χ2v) is 9.85. The zero-order valence-corrected chi connectivity index (χ0v) is 21.3.